The highest BCUT2D eigenvalue weighted by molar-refractivity contribution is 5.78. The molecule has 0 radical (unpaired) electrons. The second-order valence-corrected chi connectivity index (χ2v) is 6.53. The molecular formula is C17H24N2O6. The molecule has 0 aliphatic carbocycles. The SMILES string of the molecule is CCOC(=O)CN(Cc1cc(C)ccc1[N+](=O)[O-])C(=O)OC(C)(C)C. The lowest BCUT2D eigenvalue weighted by Crippen LogP contribution is -2.40. The predicted molar refractivity (Wildman–Crippen MR) is 91.1 cm³/mol. The van der Waals surface area contributed by atoms with Crippen LogP contribution in [0.2, 0.25) is 0 Å². The lowest BCUT2D eigenvalue weighted by Gasteiger charge is -2.26. The Bertz CT molecular complexity index is 651. The quantitative estimate of drug-likeness (QED) is 0.443. The van der Waals surface area contributed by atoms with Gasteiger partial charge in [-0.15, -0.1) is 0 Å². The number of esters is 1. The smallest absolute Gasteiger partial charge is 0.411 e. The van der Waals surface area contributed by atoms with Gasteiger partial charge in [0.25, 0.3) is 5.69 Å². The molecule has 138 valence electrons. The zero-order valence-electron chi connectivity index (χ0n) is 15.2. The van der Waals surface area contributed by atoms with E-state index in [0.29, 0.717) is 5.56 Å². The average Bonchev–Trinajstić information content (AvgIpc) is 2.44. The van der Waals surface area contributed by atoms with Crippen LogP contribution in [0.5, 0.6) is 0 Å². The van der Waals surface area contributed by atoms with Crippen LogP contribution in [0.3, 0.4) is 0 Å². The Morgan fingerprint density at radius 2 is 1.92 bits per heavy atom. The molecule has 1 aromatic rings. The third-order valence-corrected chi connectivity index (χ3v) is 3.07. The van der Waals surface area contributed by atoms with Gasteiger partial charge in [0.15, 0.2) is 0 Å². The molecule has 0 heterocycles. The van der Waals surface area contributed by atoms with Crippen LogP contribution in [-0.2, 0) is 20.8 Å². The highest BCUT2D eigenvalue weighted by atomic mass is 16.6. The number of nitro benzene ring substituents is 1. The summed E-state index contributed by atoms with van der Waals surface area (Å²) in [5.74, 6) is -0.608. The van der Waals surface area contributed by atoms with Crippen molar-refractivity contribution >= 4 is 17.7 Å². The minimum absolute atomic E-state index is 0.122. The molecule has 8 nitrogen and oxygen atoms in total. The van der Waals surface area contributed by atoms with E-state index in [-0.39, 0.29) is 25.4 Å². The second kappa shape index (κ2) is 8.46. The van der Waals surface area contributed by atoms with Crippen LogP contribution in [0.25, 0.3) is 0 Å². The van der Waals surface area contributed by atoms with Crippen LogP contribution in [0.4, 0.5) is 10.5 Å². The molecule has 0 spiro atoms. The highest BCUT2D eigenvalue weighted by Crippen LogP contribution is 2.22. The third-order valence-electron chi connectivity index (χ3n) is 3.07. The van der Waals surface area contributed by atoms with Gasteiger partial charge in [-0.25, -0.2) is 4.79 Å². The summed E-state index contributed by atoms with van der Waals surface area (Å²) in [5, 5.41) is 11.2. The zero-order chi connectivity index (χ0) is 19.2. The molecule has 0 saturated carbocycles. The molecule has 1 rings (SSSR count). The first kappa shape index (κ1) is 20.4. The van der Waals surface area contributed by atoms with Crippen molar-refractivity contribution in [2.75, 3.05) is 13.2 Å². The Hall–Kier alpha value is -2.64. The first-order valence-electron chi connectivity index (χ1n) is 7.91. The van der Waals surface area contributed by atoms with Gasteiger partial charge in [0.2, 0.25) is 0 Å². The standard InChI is InChI=1S/C17H24N2O6/c1-6-24-15(20)11-18(16(21)25-17(3,4)5)10-13-9-12(2)7-8-14(13)19(22)23/h7-9H,6,10-11H2,1-5H3. The normalized spacial score (nSPS) is 10.9. The lowest BCUT2D eigenvalue weighted by atomic mass is 10.1. The van der Waals surface area contributed by atoms with Gasteiger partial charge in [0.05, 0.1) is 18.1 Å². The van der Waals surface area contributed by atoms with E-state index in [4.69, 9.17) is 9.47 Å². The Balaban J connectivity index is 3.11. The molecule has 0 saturated heterocycles. The van der Waals surface area contributed by atoms with E-state index in [2.05, 4.69) is 0 Å². The van der Waals surface area contributed by atoms with Gasteiger partial charge in [-0.05, 0) is 40.7 Å². The first-order valence-corrected chi connectivity index (χ1v) is 7.91. The maximum Gasteiger partial charge on any atom is 0.411 e. The van der Waals surface area contributed by atoms with E-state index in [9.17, 15) is 19.7 Å². The van der Waals surface area contributed by atoms with E-state index in [1.165, 1.54) is 6.07 Å². The molecular weight excluding hydrogens is 328 g/mol. The van der Waals surface area contributed by atoms with Crippen molar-refractivity contribution < 1.29 is 24.0 Å². The summed E-state index contributed by atoms with van der Waals surface area (Å²) in [6.07, 6.45) is -0.739. The van der Waals surface area contributed by atoms with Gasteiger partial charge in [0, 0.05) is 11.6 Å². The van der Waals surface area contributed by atoms with Crippen LogP contribution >= 0.6 is 0 Å². The molecule has 0 bridgehead atoms. The van der Waals surface area contributed by atoms with E-state index in [0.717, 1.165) is 10.5 Å². The second-order valence-electron chi connectivity index (χ2n) is 6.53. The summed E-state index contributed by atoms with van der Waals surface area (Å²) < 4.78 is 10.2. The van der Waals surface area contributed by atoms with E-state index in [1.807, 2.05) is 0 Å². The van der Waals surface area contributed by atoms with Gasteiger partial charge in [-0.3, -0.25) is 19.8 Å². The summed E-state index contributed by atoms with van der Waals surface area (Å²) in [6.45, 7) is 8.22. The molecule has 0 aliphatic heterocycles. The Morgan fingerprint density at radius 3 is 2.44 bits per heavy atom. The number of benzene rings is 1. The van der Waals surface area contributed by atoms with Crippen molar-refractivity contribution in [2.45, 2.75) is 46.8 Å². The Morgan fingerprint density at radius 1 is 1.28 bits per heavy atom. The molecule has 25 heavy (non-hydrogen) atoms. The molecule has 1 aromatic carbocycles. The Labute approximate surface area is 146 Å². The van der Waals surface area contributed by atoms with Crippen molar-refractivity contribution in [1.29, 1.82) is 0 Å². The summed E-state index contributed by atoms with van der Waals surface area (Å²) in [4.78, 5) is 36.0. The van der Waals surface area contributed by atoms with Crippen molar-refractivity contribution in [2.24, 2.45) is 0 Å². The van der Waals surface area contributed by atoms with Gasteiger partial charge in [-0.1, -0.05) is 11.6 Å². The van der Waals surface area contributed by atoms with E-state index >= 15 is 0 Å². The maximum atomic E-state index is 12.4. The van der Waals surface area contributed by atoms with Crippen molar-refractivity contribution in [3.8, 4) is 0 Å². The highest BCUT2D eigenvalue weighted by Gasteiger charge is 2.27. The molecule has 0 unspecified atom stereocenters. The van der Waals surface area contributed by atoms with Gasteiger partial charge in [0.1, 0.15) is 12.1 Å². The van der Waals surface area contributed by atoms with E-state index < -0.39 is 22.6 Å². The molecule has 8 heteroatoms. The third kappa shape index (κ3) is 6.78. The number of carbonyl (C=O) groups is 2. The van der Waals surface area contributed by atoms with Crippen LogP contribution in [0.15, 0.2) is 18.2 Å². The fourth-order valence-corrected chi connectivity index (χ4v) is 2.10. The average molecular weight is 352 g/mol. The summed E-state index contributed by atoms with van der Waals surface area (Å²) in [5.41, 5.74) is 0.242. The number of rotatable bonds is 6. The number of ether oxygens (including phenoxy) is 2. The minimum Gasteiger partial charge on any atom is -0.465 e. The van der Waals surface area contributed by atoms with Crippen LogP contribution in [0.1, 0.15) is 38.8 Å². The van der Waals surface area contributed by atoms with Crippen LogP contribution < -0.4 is 0 Å². The number of amides is 1. The van der Waals surface area contributed by atoms with Crippen LogP contribution in [0, 0.1) is 17.0 Å². The lowest BCUT2D eigenvalue weighted by molar-refractivity contribution is -0.385. The molecule has 1 amide bonds. The number of nitro groups is 1. The molecule has 0 aromatic heterocycles. The summed E-state index contributed by atoms with van der Waals surface area (Å²) in [7, 11) is 0. The molecule has 0 atom stereocenters. The zero-order valence-corrected chi connectivity index (χ0v) is 15.2. The van der Waals surface area contributed by atoms with E-state index in [1.54, 1.807) is 46.8 Å². The van der Waals surface area contributed by atoms with Gasteiger partial charge >= 0.3 is 12.1 Å². The number of carbonyl (C=O) groups excluding carboxylic acids is 2. The molecule has 0 aliphatic rings. The van der Waals surface area contributed by atoms with Crippen LogP contribution in [-0.4, -0.2) is 40.6 Å². The fraction of sp³-hybridized carbons (Fsp3) is 0.529. The monoisotopic (exact) mass is 352 g/mol. The van der Waals surface area contributed by atoms with Gasteiger partial charge in [-0.2, -0.15) is 0 Å². The Kier molecular flexibility index (Phi) is 6.90. The van der Waals surface area contributed by atoms with Crippen molar-refractivity contribution in [3.63, 3.8) is 0 Å². The molecule has 0 N–H and O–H groups in total. The number of hydrogen-bond donors (Lipinski definition) is 0. The number of nitrogens with zero attached hydrogens (tertiary/aromatic N) is 2. The topological polar surface area (TPSA) is 99.0 Å². The van der Waals surface area contributed by atoms with Crippen molar-refractivity contribution in [3.05, 3.63) is 39.4 Å². The largest absolute Gasteiger partial charge is 0.465 e. The predicted octanol–water partition coefficient (Wildman–Crippen LogP) is 3.20. The minimum atomic E-state index is -0.761. The molecule has 0 fully saturated rings. The summed E-state index contributed by atoms with van der Waals surface area (Å²) in [6, 6.07) is 4.60. The fourth-order valence-electron chi connectivity index (χ4n) is 2.10. The first-order chi connectivity index (χ1) is 11.5. The maximum absolute atomic E-state index is 12.4. The van der Waals surface area contributed by atoms with Gasteiger partial charge < -0.3 is 9.47 Å². The van der Waals surface area contributed by atoms with Crippen molar-refractivity contribution in [1.82, 2.24) is 4.90 Å². The number of aryl methyl sites for hydroxylation is 1. The summed E-state index contributed by atoms with van der Waals surface area (Å²) >= 11 is 0. The number of hydrogen-bond acceptors (Lipinski definition) is 6.